The van der Waals surface area contributed by atoms with Crippen LogP contribution in [-0.4, -0.2) is 55.2 Å². The second-order valence-electron chi connectivity index (χ2n) is 7.03. The second-order valence-corrected chi connectivity index (χ2v) is 7.47. The van der Waals surface area contributed by atoms with E-state index < -0.39 is 12.0 Å². The van der Waals surface area contributed by atoms with Crippen LogP contribution >= 0.6 is 11.6 Å². The molecule has 0 spiro atoms. The summed E-state index contributed by atoms with van der Waals surface area (Å²) in [5.74, 6) is -0.0147. The van der Waals surface area contributed by atoms with Crippen LogP contribution in [-0.2, 0) is 9.53 Å². The molecular weight excluding hydrogens is 396 g/mol. The molecule has 29 heavy (non-hydrogen) atoms. The van der Waals surface area contributed by atoms with E-state index in [4.69, 9.17) is 16.3 Å². The Morgan fingerprint density at radius 3 is 2.66 bits per heavy atom. The first-order chi connectivity index (χ1) is 13.9. The average molecular weight is 425 g/mol. The van der Waals surface area contributed by atoms with Gasteiger partial charge in [-0.15, -0.1) is 0 Å². The summed E-state index contributed by atoms with van der Waals surface area (Å²) >= 11 is 5.94. The van der Waals surface area contributed by atoms with Gasteiger partial charge in [-0.3, -0.25) is 0 Å². The summed E-state index contributed by atoms with van der Waals surface area (Å²) in [6.07, 6.45) is 2.59. The minimum atomic E-state index is -0.684. The van der Waals surface area contributed by atoms with Crippen LogP contribution in [0.15, 0.2) is 24.3 Å². The molecule has 3 N–H and O–H groups in total. The van der Waals surface area contributed by atoms with Crippen LogP contribution in [0.25, 0.3) is 0 Å². The molecule has 1 aromatic carbocycles. The number of amides is 4. The molecule has 0 saturated carbocycles. The highest BCUT2D eigenvalue weighted by molar-refractivity contribution is 6.30. The molecule has 1 aliphatic heterocycles. The molecule has 9 heteroatoms. The first-order valence-corrected chi connectivity index (χ1v) is 10.3. The lowest BCUT2D eigenvalue weighted by Crippen LogP contribution is -2.46. The number of nitrogens with one attached hydrogen (secondary N) is 3. The first kappa shape index (κ1) is 22.8. The van der Waals surface area contributed by atoms with E-state index in [-0.39, 0.29) is 18.7 Å². The fraction of sp³-hybridized carbons (Fsp3) is 0.550. The highest BCUT2D eigenvalue weighted by Gasteiger charge is 2.23. The van der Waals surface area contributed by atoms with Gasteiger partial charge in [-0.1, -0.05) is 17.7 Å². The van der Waals surface area contributed by atoms with Crippen LogP contribution in [0.1, 0.15) is 33.1 Å². The third-order valence-electron chi connectivity index (χ3n) is 4.80. The van der Waals surface area contributed by atoms with Gasteiger partial charge < -0.3 is 25.6 Å². The Bertz CT molecular complexity index is 707. The molecule has 160 valence electrons. The summed E-state index contributed by atoms with van der Waals surface area (Å²) in [7, 11) is 0. The minimum Gasteiger partial charge on any atom is -0.464 e. The fourth-order valence-corrected chi connectivity index (χ4v) is 3.35. The number of carbonyl (C=O) groups excluding carboxylic acids is 3. The van der Waals surface area contributed by atoms with Gasteiger partial charge in [0.25, 0.3) is 0 Å². The SMILES string of the molecule is CCOC(=O)[C@H](C)NC(=O)NCCC1CCN(C(=O)Nc2cccc(Cl)c2)CC1. The number of carbonyl (C=O) groups is 3. The molecular formula is C20H29ClN4O4. The van der Waals surface area contributed by atoms with E-state index in [0.717, 1.165) is 19.3 Å². The van der Waals surface area contributed by atoms with E-state index >= 15 is 0 Å². The van der Waals surface area contributed by atoms with E-state index in [1.54, 1.807) is 43.0 Å². The normalized spacial score (nSPS) is 15.3. The molecule has 1 heterocycles. The first-order valence-electron chi connectivity index (χ1n) is 9.91. The van der Waals surface area contributed by atoms with Gasteiger partial charge in [0.15, 0.2) is 0 Å². The van der Waals surface area contributed by atoms with E-state index in [2.05, 4.69) is 16.0 Å². The summed E-state index contributed by atoms with van der Waals surface area (Å²) in [4.78, 5) is 37.5. The van der Waals surface area contributed by atoms with Crippen LogP contribution in [0.2, 0.25) is 5.02 Å². The zero-order valence-electron chi connectivity index (χ0n) is 16.9. The lowest BCUT2D eigenvalue weighted by Gasteiger charge is -2.32. The standard InChI is InChI=1S/C20H29ClN4O4/c1-3-29-18(26)14(2)23-19(27)22-10-7-15-8-11-25(12-9-15)20(28)24-17-6-4-5-16(21)13-17/h4-6,13-15H,3,7-12H2,1-2H3,(H,24,28)(H2,22,23,27)/t14-/m0/s1. The maximum Gasteiger partial charge on any atom is 0.328 e. The van der Waals surface area contributed by atoms with Crippen molar-refractivity contribution in [3.8, 4) is 0 Å². The molecule has 0 aromatic heterocycles. The third-order valence-corrected chi connectivity index (χ3v) is 5.04. The van der Waals surface area contributed by atoms with E-state index in [1.165, 1.54) is 0 Å². The van der Waals surface area contributed by atoms with Crippen LogP contribution in [0, 0.1) is 5.92 Å². The Morgan fingerprint density at radius 2 is 2.00 bits per heavy atom. The highest BCUT2D eigenvalue weighted by atomic mass is 35.5. The van der Waals surface area contributed by atoms with E-state index in [0.29, 0.717) is 36.3 Å². The Kier molecular flexibility index (Phi) is 9.05. The maximum atomic E-state index is 12.4. The minimum absolute atomic E-state index is 0.129. The van der Waals surface area contributed by atoms with Crippen molar-refractivity contribution in [2.24, 2.45) is 5.92 Å². The number of halogens is 1. The summed E-state index contributed by atoms with van der Waals surface area (Å²) in [6.45, 7) is 5.44. The number of urea groups is 2. The quantitative estimate of drug-likeness (QED) is 0.585. The molecule has 4 amide bonds. The van der Waals surface area contributed by atoms with Crippen LogP contribution in [0.4, 0.5) is 15.3 Å². The number of hydrogen-bond acceptors (Lipinski definition) is 4. The van der Waals surface area contributed by atoms with Gasteiger partial charge in [0.05, 0.1) is 6.61 Å². The predicted molar refractivity (Wildman–Crippen MR) is 112 cm³/mol. The number of likely N-dealkylation sites (tertiary alicyclic amines) is 1. The lowest BCUT2D eigenvalue weighted by atomic mass is 9.94. The van der Waals surface area contributed by atoms with Gasteiger partial charge in [0.2, 0.25) is 0 Å². The van der Waals surface area contributed by atoms with Crippen LogP contribution in [0.3, 0.4) is 0 Å². The van der Waals surface area contributed by atoms with E-state index in [1.807, 2.05) is 0 Å². The average Bonchev–Trinajstić information content (AvgIpc) is 2.68. The molecule has 8 nitrogen and oxygen atoms in total. The van der Waals surface area contributed by atoms with Gasteiger partial charge in [0.1, 0.15) is 6.04 Å². The third kappa shape index (κ3) is 7.81. The van der Waals surface area contributed by atoms with E-state index in [9.17, 15) is 14.4 Å². The molecule has 0 aliphatic carbocycles. The Balaban J connectivity index is 1.63. The molecule has 2 rings (SSSR count). The summed E-state index contributed by atoms with van der Waals surface area (Å²) < 4.78 is 4.85. The fourth-order valence-electron chi connectivity index (χ4n) is 3.16. The van der Waals surface area contributed by atoms with Crippen molar-refractivity contribution in [3.63, 3.8) is 0 Å². The van der Waals surface area contributed by atoms with Crippen molar-refractivity contribution in [1.29, 1.82) is 0 Å². The van der Waals surface area contributed by atoms with Gasteiger partial charge >= 0.3 is 18.0 Å². The number of benzene rings is 1. The van der Waals surface area contributed by atoms with Crippen LogP contribution < -0.4 is 16.0 Å². The molecule has 1 fully saturated rings. The molecule has 0 bridgehead atoms. The predicted octanol–water partition coefficient (Wildman–Crippen LogP) is 3.22. The van der Waals surface area contributed by atoms with Gasteiger partial charge in [0, 0.05) is 30.3 Å². The monoisotopic (exact) mass is 424 g/mol. The van der Waals surface area contributed by atoms with Crippen molar-refractivity contribution in [2.45, 2.75) is 39.2 Å². The van der Waals surface area contributed by atoms with Crippen molar-refractivity contribution in [3.05, 3.63) is 29.3 Å². The van der Waals surface area contributed by atoms with Gasteiger partial charge in [-0.05, 0) is 57.2 Å². The topological polar surface area (TPSA) is 99.8 Å². The second kappa shape index (κ2) is 11.5. The van der Waals surface area contributed by atoms with Gasteiger partial charge in [-0.2, -0.15) is 0 Å². The maximum absolute atomic E-state index is 12.4. The Hall–Kier alpha value is -2.48. The number of rotatable bonds is 7. The number of anilines is 1. The highest BCUT2D eigenvalue weighted by Crippen LogP contribution is 2.21. The smallest absolute Gasteiger partial charge is 0.328 e. The molecule has 1 aromatic rings. The number of nitrogens with zero attached hydrogens (tertiary/aromatic N) is 1. The van der Waals surface area contributed by atoms with Gasteiger partial charge in [-0.25, -0.2) is 14.4 Å². The largest absolute Gasteiger partial charge is 0.464 e. The van der Waals surface area contributed by atoms with Crippen LogP contribution in [0.5, 0.6) is 0 Å². The molecule has 0 radical (unpaired) electrons. The molecule has 1 saturated heterocycles. The summed E-state index contributed by atoms with van der Waals surface area (Å²) in [5, 5.41) is 8.76. The number of hydrogen-bond donors (Lipinski definition) is 3. The van der Waals surface area contributed by atoms with Crippen molar-refractivity contribution in [1.82, 2.24) is 15.5 Å². The summed E-state index contributed by atoms with van der Waals surface area (Å²) in [6, 6.07) is 5.87. The van der Waals surface area contributed by atoms with Crippen molar-refractivity contribution in [2.75, 3.05) is 31.6 Å². The number of piperidine rings is 1. The zero-order valence-corrected chi connectivity index (χ0v) is 17.6. The molecule has 1 atom stereocenters. The molecule has 0 unspecified atom stereocenters. The lowest BCUT2D eigenvalue weighted by molar-refractivity contribution is -0.144. The Morgan fingerprint density at radius 1 is 1.28 bits per heavy atom. The summed E-state index contributed by atoms with van der Waals surface area (Å²) in [5.41, 5.74) is 0.678. The number of esters is 1. The zero-order chi connectivity index (χ0) is 21.2. The van der Waals surface area contributed by atoms with Crippen molar-refractivity contribution >= 4 is 35.3 Å². The van der Waals surface area contributed by atoms with Crippen molar-refractivity contribution < 1.29 is 19.1 Å². The Labute approximate surface area is 176 Å². The number of ether oxygens (including phenoxy) is 1. The molecule has 1 aliphatic rings.